The van der Waals surface area contributed by atoms with Crippen molar-refractivity contribution < 1.29 is 9.13 Å². The van der Waals surface area contributed by atoms with Gasteiger partial charge in [0.25, 0.3) is 0 Å². The lowest BCUT2D eigenvalue weighted by Crippen LogP contribution is -2.17. The number of hydrogen-bond acceptors (Lipinski definition) is 2. The van der Waals surface area contributed by atoms with Crippen LogP contribution in [-0.4, -0.2) is 12.4 Å². The molecule has 0 bridgehead atoms. The van der Waals surface area contributed by atoms with Crippen molar-refractivity contribution in [2.45, 2.75) is 45.1 Å². The number of ether oxygens (including phenoxy) is 1. The van der Waals surface area contributed by atoms with Crippen LogP contribution in [0.25, 0.3) is 0 Å². The molecule has 1 fully saturated rings. The minimum absolute atomic E-state index is 0.176. The van der Waals surface area contributed by atoms with Gasteiger partial charge in [-0.15, -0.1) is 0 Å². The first kappa shape index (κ1) is 18.4. The predicted octanol–water partition coefficient (Wildman–Crippen LogP) is 5.08. The Balaban J connectivity index is 1.65. The smallest absolute Gasteiger partial charge is 0.166 e. The van der Waals surface area contributed by atoms with Crippen molar-refractivity contribution in [2.75, 3.05) is 6.54 Å². The van der Waals surface area contributed by atoms with Gasteiger partial charge in [0.2, 0.25) is 0 Å². The zero-order valence-electron chi connectivity index (χ0n) is 15.2. The fourth-order valence-electron chi connectivity index (χ4n) is 3.52. The van der Waals surface area contributed by atoms with E-state index >= 15 is 0 Å². The van der Waals surface area contributed by atoms with Crippen LogP contribution in [0.3, 0.4) is 0 Å². The maximum atomic E-state index is 14.3. The molecule has 0 saturated heterocycles. The number of amidine groups is 1. The number of aliphatic imine (C=N–C) groups is 1. The molecule has 3 rings (SSSR count). The molecule has 26 heavy (non-hydrogen) atoms. The van der Waals surface area contributed by atoms with Crippen LogP contribution in [0.1, 0.15) is 49.7 Å². The fourth-order valence-corrected chi connectivity index (χ4v) is 3.52. The van der Waals surface area contributed by atoms with Crippen LogP contribution in [0.4, 0.5) is 4.39 Å². The Bertz CT molecular complexity index is 724. The van der Waals surface area contributed by atoms with Crippen molar-refractivity contribution in [3.8, 4) is 5.75 Å². The molecule has 3 nitrogen and oxygen atoms in total. The highest BCUT2D eigenvalue weighted by Gasteiger charge is 2.15. The first-order valence-corrected chi connectivity index (χ1v) is 9.49. The lowest BCUT2D eigenvalue weighted by molar-refractivity contribution is 0.289. The second-order valence-corrected chi connectivity index (χ2v) is 6.95. The van der Waals surface area contributed by atoms with Gasteiger partial charge in [-0.2, -0.15) is 0 Å². The summed E-state index contributed by atoms with van der Waals surface area (Å²) in [5, 5.41) is 0. The third-order valence-corrected chi connectivity index (χ3v) is 5.01. The second-order valence-electron chi connectivity index (χ2n) is 6.95. The monoisotopic (exact) mass is 354 g/mol. The zero-order valence-corrected chi connectivity index (χ0v) is 15.2. The summed E-state index contributed by atoms with van der Waals surface area (Å²) in [6.45, 7) is 0.981. The maximum absolute atomic E-state index is 14.3. The van der Waals surface area contributed by atoms with Crippen molar-refractivity contribution in [3.63, 3.8) is 0 Å². The highest BCUT2D eigenvalue weighted by atomic mass is 19.1. The minimum Gasteiger partial charge on any atom is -0.485 e. The molecule has 0 heterocycles. The molecule has 0 unspecified atom stereocenters. The summed E-state index contributed by atoms with van der Waals surface area (Å²) in [7, 11) is 0. The van der Waals surface area contributed by atoms with Gasteiger partial charge < -0.3 is 10.5 Å². The molecule has 2 aromatic carbocycles. The Labute approximate surface area is 155 Å². The minimum atomic E-state index is -0.413. The molecular weight excluding hydrogens is 327 g/mol. The van der Waals surface area contributed by atoms with E-state index in [1.165, 1.54) is 38.2 Å². The van der Waals surface area contributed by atoms with Crippen LogP contribution in [0, 0.1) is 11.7 Å². The molecule has 0 spiro atoms. The summed E-state index contributed by atoms with van der Waals surface area (Å²) >= 11 is 0. The van der Waals surface area contributed by atoms with Crippen molar-refractivity contribution in [3.05, 3.63) is 65.5 Å². The van der Waals surface area contributed by atoms with Crippen LogP contribution in [0.5, 0.6) is 5.75 Å². The van der Waals surface area contributed by atoms with Crippen molar-refractivity contribution in [2.24, 2.45) is 16.6 Å². The zero-order chi connectivity index (χ0) is 18.2. The number of para-hydroxylation sites is 1. The molecule has 2 aromatic rings. The van der Waals surface area contributed by atoms with Crippen LogP contribution >= 0.6 is 0 Å². The molecule has 1 saturated carbocycles. The molecule has 0 aromatic heterocycles. The van der Waals surface area contributed by atoms with Gasteiger partial charge in [-0.1, -0.05) is 68.5 Å². The van der Waals surface area contributed by atoms with E-state index in [2.05, 4.69) is 4.99 Å². The number of hydrogen-bond donors (Lipinski definition) is 1. The Kier molecular flexibility index (Phi) is 6.64. The topological polar surface area (TPSA) is 47.6 Å². The van der Waals surface area contributed by atoms with Gasteiger partial charge in [0.15, 0.2) is 11.6 Å². The predicted molar refractivity (Wildman–Crippen MR) is 104 cm³/mol. The standard InChI is InChI=1S/C22H27FN2O/c23-20-13-7-12-19(21(20)26-16-18-10-5-2-6-11-18)22(24)25-15-14-17-8-3-1-4-9-17/h2,5-7,10-13,17H,1,3-4,8-9,14-16H2,(H2,24,25). The number of nitrogens with zero attached hydrogens (tertiary/aromatic N) is 1. The van der Waals surface area contributed by atoms with Crippen molar-refractivity contribution in [1.29, 1.82) is 0 Å². The van der Waals surface area contributed by atoms with Gasteiger partial charge in [0.05, 0.1) is 5.56 Å². The lowest BCUT2D eigenvalue weighted by atomic mass is 9.87. The van der Waals surface area contributed by atoms with Crippen LogP contribution < -0.4 is 10.5 Å². The highest BCUT2D eigenvalue weighted by Crippen LogP contribution is 2.27. The van der Waals surface area contributed by atoms with E-state index in [9.17, 15) is 4.39 Å². The van der Waals surface area contributed by atoms with Gasteiger partial charge in [-0.25, -0.2) is 4.39 Å². The van der Waals surface area contributed by atoms with Crippen LogP contribution in [0.2, 0.25) is 0 Å². The van der Waals surface area contributed by atoms with Crippen molar-refractivity contribution in [1.82, 2.24) is 0 Å². The largest absolute Gasteiger partial charge is 0.485 e. The Morgan fingerprint density at radius 2 is 1.81 bits per heavy atom. The van der Waals surface area contributed by atoms with Gasteiger partial charge in [-0.05, 0) is 30.0 Å². The summed E-state index contributed by atoms with van der Waals surface area (Å²) in [4.78, 5) is 4.49. The molecule has 0 atom stereocenters. The van der Waals surface area contributed by atoms with E-state index in [1.807, 2.05) is 30.3 Å². The molecule has 1 aliphatic carbocycles. The molecule has 0 amide bonds. The quantitative estimate of drug-likeness (QED) is 0.557. The maximum Gasteiger partial charge on any atom is 0.166 e. The van der Waals surface area contributed by atoms with E-state index in [0.717, 1.165) is 17.9 Å². The molecule has 4 heteroatoms. The summed E-state index contributed by atoms with van der Waals surface area (Å²) in [6.07, 6.45) is 7.64. The van der Waals surface area contributed by atoms with Crippen LogP contribution in [0.15, 0.2) is 53.5 Å². The van der Waals surface area contributed by atoms with E-state index < -0.39 is 5.82 Å². The van der Waals surface area contributed by atoms with E-state index in [1.54, 1.807) is 12.1 Å². The third-order valence-electron chi connectivity index (χ3n) is 5.01. The van der Waals surface area contributed by atoms with E-state index in [0.29, 0.717) is 24.6 Å². The van der Waals surface area contributed by atoms with Crippen LogP contribution in [-0.2, 0) is 6.61 Å². The van der Waals surface area contributed by atoms with Gasteiger partial charge in [0.1, 0.15) is 12.4 Å². The SMILES string of the molecule is NC(=NCCC1CCCCC1)c1cccc(F)c1OCc1ccccc1. The summed E-state index contributed by atoms with van der Waals surface area (Å²) in [6, 6.07) is 14.5. The van der Waals surface area contributed by atoms with Gasteiger partial charge >= 0.3 is 0 Å². The first-order chi connectivity index (χ1) is 12.7. The Morgan fingerprint density at radius 1 is 1.04 bits per heavy atom. The normalized spacial score (nSPS) is 15.8. The average molecular weight is 354 g/mol. The Morgan fingerprint density at radius 3 is 2.58 bits per heavy atom. The highest BCUT2D eigenvalue weighted by molar-refractivity contribution is 6.00. The summed E-state index contributed by atoms with van der Waals surface area (Å²) in [5.74, 6) is 0.865. The summed E-state index contributed by atoms with van der Waals surface area (Å²) in [5.41, 5.74) is 7.67. The average Bonchev–Trinajstić information content (AvgIpc) is 2.68. The molecule has 2 N–H and O–H groups in total. The third kappa shape index (κ3) is 5.07. The van der Waals surface area contributed by atoms with E-state index in [4.69, 9.17) is 10.5 Å². The number of rotatable bonds is 7. The first-order valence-electron chi connectivity index (χ1n) is 9.49. The number of halogens is 1. The molecule has 138 valence electrons. The lowest BCUT2D eigenvalue weighted by Gasteiger charge is -2.20. The number of nitrogens with two attached hydrogens (primary N) is 1. The molecule has 0 radical (unpaired) electrons. The van der Waals surface area contributed by atoms with E-state index in [-0.39, 0.29) is 5.75 Å². The molecule has 0 aliphatic heterocycles. The second kappa shape index (κ2) is 9.37. The molecular formula is C22H27FN2O. The molecule has 1 aliphatic rings. The van der Waals surface area contributed by atoms with Gasteiger partial charge in [0, 0.05) is 6.54 Å². The Hall–Kier alpha value is -2.36. The fraction of sp³-hybridized carbons (Fsp3) is 0.409. The van der Waals surface area contributed by atoms with Gasteiger partial charge in [-0.3, -0.25) is 4.99 Å². The van der Waals surface area contributed by atoms with Crippen molar-refractivity contribution >= 4 is 5.84 Å². The summed E-state index contributed by atoms with van der Waals surface area (Å²) < 4.78 is 20.0. The number of benzene rings is 2.